The molecule has 0 saturated heterocycles. The van der Waals surface area contributed by atoms with Gasteiger partial charge in [0.05, 0.1) is 5.75 Å². The van der Waals surface area contributed by atoms with Crippen LogP contribution in [0.15, 0.2) is 0 Å². The highest BCUT2D eigenvalue weighted by Crippen LogP contribution is 2.12. The van der Waals surface area contributed by atoms with E-state index in [4.69, 9.17) is 5.73 Å². The second kappa shape index (κ2) is 13.9. The highest BCUT2D eigenvalue weighted by Gasteiger charge is 1.95. The van der Waals surface area contributed by atoms with Crippen molar-refractivity contribution in [2.45, 2.75) is 71.1 Å². The second-order valence-corrected chi connectivity index (χ2v) is 5.81. The fraction of sp³-hybridized carbons (Fsp3) is 0.929. The topological polar surface area (TPSA) is 43.1 Å². The van der Waals surface area contributed by atoms with Gasteiger partial charge in [0.15, 0.2) is 0 Å². The number of primary amides is 1. The van der Waals surface area contributed by atoms with Crippen LogP contribution in [0, 0.1) is 0 Å². The lowest BCUT2D eigenvalue weighted by Crippen LogP contribution is -2.13. The monoisotopic (exact) mass is 259 g/mol. The van der Waals surface area contributed by atoms with Crippen LogP contribution in [-0.4, -0.2) is 17.4 Å². The average Bonchev–Trinajstić information content (AvgIpc) is 2.30. The molecule has 0 atom stereocenters. The predicted octanol–water partition coefficient (Wildman–Crippen LogP) is 4.13. The molecule has 0 bridgehead atoms. The van der Waals surface area contributed by atoms with Crippen molar-refractivity contribution in [1.29, 1.82) is 0 Å². The maximum atomic E-state index is 10.5. The van der Waals surface area contributed by atoms with Crippen LogP contribution in [0.1, 0.15) is 71.1 Å². The van der Waals surface area contributed by atoms with Crippen molar-refractivity contribution in [2.75, 3.05) is 11.5 Å². The Morgan fingerprint density at radius 1 is 0.882 bits per heavy atom. The Labute approximate surface area is 111 Å². The Morgan fingerprint density at radius 3 is 1.82 bits per heavy atom. The first-order chi connectivity index (χ1) is 8.27. The van der Waals surface area contributed by atoms with E-state index >= 15 is 0 Å². The first kappa shape index (κ1) is 16.8. The largest absolute Gasteiger partial charge is 0.369 e. The fourth-order valence-electron chi connectivity index (χ4n) is 1.86. The third kappa shape index (κ3) is 15.8. The number of rotatable bonds is 13. The molecule has 0 aromatic heterocycles. The average molecular weight is 259 g/mol. The van der Waals surface area contributed by atoms with Gasteiger partial charge >= 0.3 is 0 Å². The molecule has 102 valence electrons. The zero-order valence-corrected chi connectivity index (χ0v) is 12.2. The van der Waals surface area contributed by atoms with E-state index in [-0.39, 0.29) is 5.91 Å². The summed E-state index contributed by atoms with van der Waals surface area (Å²) in [6, 6.07) is 0. The number of thioether (sulfide) groups is 1. The van der Waals surface area contributed by atoms with E-state index in [9.17, 15) is 4.79 Å². The zero-order chi connectivity index (χ0) is 12.8. The molecule has 0 aliphatic rings. The number of unbranched alkanes of at least 4 members (excludes halogenated alkanes) is 9. The molecule has 0 aromatic carbocycles. The molecule has 0 unspecified atom stereocenters. The normalized spacial score (nSPS) is 10.6. The SMILES string of the molecule is CCCCCCCCCCCCSCC(N)=O. The minimum absolute atomic E-state index is 0.193. The van der Waals surface area contributed by atoms with Crippen molar-refractivity contribution < 1.29 is 4.79 Å². The summed E-state index contributed by atoms with van der Waals surface area (Å²) >= 11 is 1.66. The molecule has 0 rings (SSSR count). The summed E-state index contributed by atoms with van der Waals surface area (Å²) in [7, 11) is 0. The Kier molecular flexibility index (Phi) is 13.7. The molecule has 0 spiro atoms. The van der Waals surface area contributed by atoms with E-state index in [0.717, 1.165) is 5.75 Å². The first-order valence-corrected chi connectivity index (χ1v) is 8.29. The van der Waals surface area contributed by atoms with Gasteiger partial charge in [-0.25, -0.2) is 0 Å². The number of amides is 1. The summed E-state index contributed by atoms with van der Waals surface area (Å²) in [5.74, 6) is 1.37. The molecule has 0 aliphatic heterocycles. The molecule has 2 nitrogen and oxygen atoms in total. The first-order valence-electron chi connectivity index (χ1n) is 7.13. The quantitative estimate of drug-likeness (QED) is 0.505. The predicted molar refractivity (Wildman–Crippen MR) is 78.4 cm³/mol. The minimum Gasteiger partial charge on any atom is -0.369 e. The second-order valence-electron chi connectivity index (χ2n) is 4.70. The molecule has 0 fully saturated rings. The summed E-state index contributed by atoms with van der Waals surface area (Å²) in [4.78, 5) is 10.5. The van der Waals surface area contributed by atoms with Gasteiger partial charge < -0.3 is 5.73 Å². The van der Waals surface area contributed by atoms with E-state index in [0.29, 0.717) is 5.75 Å². The molecule has 0 heterocycles. The lowest BCUT2D eigenvalue weighted by Gasteiger charge is -2.02. The third-order valence-corrected chi connectivity index (χ3v) is 3.95. The lowest BCUT2D eigenvalue weighted by molar-refractivity contribution is -0.115. The van der Waals surface area contributed by atoms with Gasteiger partial charge in [0.25, 0.3) is 0 Å². The van der Waals surface area contributed by atoms with Gasteiger partial charge in [0, 0.05) is 0 Å². The van der Waals surface area contributed by atoms with Gasteiger partial charge in [-0.05, 0) is 12.2 Å². The van der Waals surface area contributed by atoms with E-state index < -0.39 is 0 Å². The lowest BCUT2D eigenvalue weighted by atomic mass is 10.1. The van der Waals surface area contributed by atoms with Crippen molar-refractivity contribution in [2.24, 2.45) is 5.73 Å². The Morgan fingerprint density at radius 2 is 1.35 bits per heavy atom. The maximum absolute atomic E-state index is 10.5. The maximum Gasteiger partial charge on any atom is 0.227 e. The summed E-state index contributed by atoms with van der Waals surface area (Å²) in [6.45, 7) is 2.26. The number of hydrogen-bond acceptors (Lipinski definition) is 2. The number of carbonyl (C=O) groups is 1. The zero-order valence-electron chi connectivity index (χ0n) is 11.4. The molecule has 0 radical (unpaired) electrons. The molecule has 0 saturated carbocycles. The van der Waals surface area contributed by atoms with Gasteiger partial charge in [0.2, 0.25) is 5.91 Å². The number of carbonyl (C=O) groups excluding carboxylic acids is 1. The van der Waals surface area contributed by atoms with Crippen LogP contribution in [0.2, 0.25) is 0 Å². The van der Waals surface area contributed by atoms with Crippen molar-refractivity contribution in [3.8, 4) is 0 Å². The van der Waals surface area contributed by atoms with E-state index in [1.54, 1.807) is 11.8 Å². The van der Waals surface area contributed by atoms with Crippen molar-refractivity contribution in [1.82, 2.24) is 0 Å². The van der Waals surface area contributed by atoms with Crippen LogP contribution in [0.5, 0.6) is 0 Å². The molecule has 1 amide bonds. The van der Waals surface area contributed by atoms with E-state index in [2.05, 4.69) is 6.92 Å². The summed E-state index contributed by atoms with van der Waals surface area (Å²) in [5.41, 5.74) is 5.06. The molecule has 0 aromatic rings. The summed E-state index contributed by atoms with van der Waals surface area (Å²) in [5, 5.41) is 0. The van der Waals surface area contributed by atoms with Gasteiger partial charge in [-0.1, -0.05) is 64.7 Å². The Balaban J connectivity index is 2.91. The standard InChI is InChI=1S/C14H29NOS/c1-2-3-4-5-6-7-8-9-10-11-12-17-13-14(15)16/h2-13H2,1H3,(H2,15,16). The van der Waals surface area contributed by atoms with Gasteiger partial charge in [-0.3, -0.25) is 4.79 Å². The minimum atomic E-state index is -0.193. The number of nitrogens with two attached hydrogens (primary N) is 1. The van der Waals surface area contributed by atoms with Crippen molar-refractivity contribution in [3.63, 3.8) is 0 Å². The van der Waals surface area contributed by atoms with E-state index in [1.165, 1.54) is 64.2 Å². The van der Waals surface area contributed by atoms with Crippen LogP contribution in [0.3, 0.4) is 0 Å². The highest BCUT2D eigenvalue weighted by molar-refractivity contribution is 7.99. The van der Waals surface area contributed by atoms with Gasteiger partial charge in [0.1, 0.15) is 0 Å². The molecule has 2 N–H and O–H groups in total. The smallest absolute Gasteiger partial charge is 0.227 e. The van der Waals surface area contributed by atoms with Crippen LogP contribution >= 0.6 is 11.8 Å². The van der Waals surface area contributed by atoms with Crippen LogP contribution in [0.25, 0.3) is 0 Å². The van der Waals surface area contributed by atoms with Crippen LogP contribution < -0.4 is 5.73 Å². The molecule has 3 heteroatoms. The molecular formula is C14H29NOS. The molecule has 0 aliphatic carbocycles. The van der Waals surface area contributed by atoms with Crippen molar-refractivity contribution in [3.05, 3.63) is 0 Å². The van der Waals surface area contributed by atoms with Crippen LogP contribution in [-0.2, 0) is 4.79 Å². The van der Waals surface area contributed by atoms with Gasteiger partial charge in [-0.15, -0.1) is 0 Å². The Hall–Kier alpha value is -0.180. The fourth-order valence-corrected chi connectivity index (χ4v) is 2.62. The van der Waals surface area contributed by atoms with Gasteiger partial charge in [-0.2, -0.15) is 11.8 Å². The van der Waals surface area contributed by atoms with E-state index in [1.807, 2.05) is 0 Å². The summed E-state index contributed by atoms with van der Waals surface area (Å²) < 4.78 is 0. The summed E-state index contributed by atoms with van der Waals surface area (Å²) in [6.07, 6.45) is 13.7. The van der Waals surface area contributed by atoms with Crippen LogP contribution in [0.4, 0.5) is 0 Å². The molecule has 17 heavy (non-hydrogen) atoms. The van der Waals surface area contributed by atoms with Crippen molar-refractivity contribution >= 4 is 17.7 Å². The highest BCUT2D eigenvalue weighted by atomic mass is 32.2. The third-order valence-electron chi connectivity index (χ3n) is 2.89. The molecular weight excluding hydrogens is 230 g/mol. The Bertz CT molecular complexity index is 174. The number of hydrogen-bond donors (Lipinski definition) is 1.